The predicted octanol–water partition coefficient (Wildman–Crippen LogP) is 4.41. The number of hydrogen-bond donors (Lipinski definition) is 1. The first kappa shape index (κ1) is 23.1. The Bertz CT molecular complexity index is 1410. The summed E-state index contributed by atoms with van der Waals surface area (Å²) in [6, 6.07) is 6.44. The summed E-state index contributed by atoms with van der Waals surface area (Å²) in [4.78, 5) is 37.3. The molecule has 1 aliphatic heterocycles. The van der Waals surface area contributed by atoms with Crippen LogP contribution in [0.2, 0.25) is 0 Å². The largest absolute Gasteiger partial charge is 0.506 e. The summed E-state index contributed by atoms with van der Waals surface area (Å²) in [6.07, 6.45) is -0.0724. The fraction of sp³-hybridized carbons (Fsp3) is 0.269. The fourth-order valence-corrected chi connectivity index (χ4v) is 4.24. The van der Waals surface area contributed by atoms with E-state index in [4.69, 9.17) is 18.6 Å². The van der Waals surface area contributed by atoms with Gasteiger partial charge in [0, 0.05) is 17.5 Å². The second kappa shape index (κ2) is 8.70. The minimum absolute atomic E-state index is 0.0709. The second-order valence-electron chi connectivity index (χ2n) is 8.36. The van der Waals surface area contributed by atoms with Gasteiger partial charge < -0.3 is 23.7 Å². The summed E-state index contributed by atoms with van der Waals surface area (Å²) in [7, 11) is 1.50. The van der Waals surface area contributed by atoms with Crippen molar-refractivity contribution in [2.45, 2.75) is 33.1 Å². The first-order chi connectivity index (χ1) is 16.1. The molecule has 0 spiro atoms. The summed E-state index contributed by atoms with van der Waals surface area (Å²) in [5.74, 6) is -1.27. The van der Waals surface area contributed by atoms with Crippen molar-refractivity contribution in [3.05, 3.63) is 69.1 Å². The molecule has 2 heterocycles. The molecule has 8 nitrogen and oxygen atoms in total. The van der Waals surface area contributed by atoms with E-state index in [1.807, 2.05) is 6.92 Å². The lowest BCUT2D eigenvalue weighted by Crippen LogP contribution is -2.24. The van der Waals surface area contributed by atoms with Crippen LogP contribution in [-0.2, 0) is 4.79 Å². The van der Waals surface area contributed by atoms with Gasteiger partial charge in [0.25, 0.3) is 0 Å². The number of rotatable bonds is 6. The highest BCUT2D eigenvalue weighted by atomic mass is 16.5. The van der Waals surface area contributed by atoms with Gasteiger partial charge in [-0.2, -0.15) is 0 Å². The molecule has 0 radical (unpaired) electrons. The molecule has 0 saturated carbocycles. The van der Waals surface area contributed by atoms with Crippen molar-refractivity contribution in [2.75, 3.05) is 13.7 Å². The quantitative estimate of drug-likeness (QED) is 0.188. The molecular formula is C26H24O8. The number of methoxy groups -OCH3 is 1. The summed E-state index contributed by atoms with van der Waals surface area (Å²) >= 11 is 0. The molecule has 1 aromatic heterocycles. The monoisotopic (exact) mass is 464 g/mol. The molecule has 0 amide bonds. The molecular weight excluding hydrogens is 440 g/mol. The number of carbonyl (C=O) groups excluding carboxylic acids is 2. The van der Waals surface area contributed by atoms with Crippen LogP contribution >= 0.6 is 0 Å². The number of aryl methyl sites for hydroxylation is 1. The van der Waals surface area contributed by atoms with Gasteiger partial charge in [0.1, 0.15) is 23.5 Å². The third-order valence-electron chi connectivity index (χ3n) is 5.70. The molecule has 1 N–H and O–H groups in total. The number of esters is 1. The number of phenolic OH excluding ortho intramolecular Hbond substituents is 1. The first-order valence-electron chi connectivity index (χ1n) is 10.6. The lowest BCUT2D eigenvalue weighted by molar-refractivity contribution is -0.135. The van der Waals surface area contributed by atoms with Crippen LogP contribution in [0, 0.1) is 6.92 Å². The number of fused-ring (bicyclic) bond motifs is 3. The number of Topliss-reactive ketones (excluding diaryl/α,β-unsaturated/α-hetero) is 1. The van der Waals surface area contributed by atoms with Crippen molar-refractivity contribution in [1.29, 1.82) is 0 Å². The van der Waals surface area contributed by atoms with E-state index < -0.39 is 29.0 Å². The molecule has 0 unspecified atom stereocenters. The molecule has 0 aliphatic carbocycles. The van der Waals surface area contributed by atoms with Crippen molar-refractivity contribution in [2.24, 2.45) is 0 Å². The van der Waals surface area contributed by atoms with Gasteiger partial charge in [-0.3, -0.25) is 9.59 Å². The fourth-order valence-electron chi connectivity index (χ4n) is 4.24. The van der Waals surface area contributed by atoms with Gasteiger partial charge in [-0.05, 0) is 49.6 Å². The summed E-state index contributed by atoms with van der Waals surface area (Å²) in [6.45, 7) is 8.88. The standard InChI is InChI=1S/C26H24O8/c1-12(2)11-32-17-7-6-15(9-18(17)31-5)16-10-20(29)34-26-22(14(4)27)24(30)21-13(3)8-19(28)33-25(21)23(16)26/h6-9,16,30H,1,10-11H2,2-5H3/t16-/m1/s1. The molecule has 2 aromatic carbocycles. The Morgan fingerprint density at radius 3 is 2.59 bits per heavy atom. The highest BCUT2D eigenvalue weighted by molar-refractivity contribution is 6.09. The van der Waals surface area contributed by atoms with E-state index in [1.165, 1.54) is 20.1 Å². The summed E-state index contributed by atoms with van der Waals surface area (Å²) in [5, 5.41) is 11.1. The van der Waals surface area contributed by atoms with Crippen LogP contribution < -0.4 is 19.8 Å². The minimum atomic E-state index is -0.633. The van der Waals surface area contributed by atoms with Gasteiger partial charge in [0.2, 0.25) is 0 Å². The van der Waals surface area contributed by atoms with Gasteiger partial charge in [-0.1, -0.05) is 12.6 Å². The van der Waals surface area contributed by atoms with Gasteiger partial charge in [0.15, 0.2) is 23.0 Å². The Kier molecular flexibility index (Phi) is 5.91. The third kappa shape index (κ3) is 3.91. The lowest BCUT2D eigenvalue weighted by atomic mass is 9.82. The maximum absolute atomic E-state index is 12.6. The molecule has 176 valence electrons. The average Bonchev–Trinajstić information content (AvgIpc) is 2.76. The van der Waals surface area contributed by atoms with Crippen LogP contribution in [0.3, 0.4) is 0 Å². The zero-order valence-electron chi connectivity index (χ0n) is 19.3. The van der Waals surface area contributed by atoms with Crippen LogP contribution in [0.1, 0.15) is 53.2 Å². The summed E-state index contributed by atoms with van der Waals surface area (Å²) < 4.78 is 22.2. The molecule has 8 heteroatoms. The number of hydrogen-bond acceptors (Lipinski definition) is 8. The number of carbonyl (C=O) groups is 2. The first-order valence-corrected chi connectivity index (χ1v) is 10.6. The molecule has 1 aliphatic rings. The number of aromatic hydroxyl groups is 1. The zero-order valence-corrected chi connectivity index (χ0v) is 19.3. The van der Waals surface area contributed by atoms with Crippen LogP contribution in [0.4, 0.5) is 0 Å². The van der Waals surface area contributed by atoms with Crippen LogP contribution in [0.25, 0.3) is 11.0 Å². The Labute approximate surface area is 195 Å². The highest BCUT2D eigenvalue weighted by Gasteiger charge is 2.37. The smallest absolute Gasteiger partial charge is 0.336 e. The van der Waals surface area contributed by atoms with Crippen LogP contribution in [0.5, 0.6) is 23.0 Å². The predicted molar refractivity (Wildman–Crippen MR) is 124 cm³/mol. The van der Waals surface area contributed by atoms with Gasteiger partial charge in [-0.25, -0.2) is 4.79 Å². The molecule has 3 aromatic rings. The number of benzene rings is 2. The van der Waals surface area contributed by atoms with E-state index >= 15 is 0 Å². The van der Waals surface area contributed by atoms with E-state index in [1.54, 1.807) is 25.1 Å². The molecule has 4 rings (SSSR count). The van der Waals surface area contributed by atoms with E-state index in [0.717, 1.165) is 5.57 Å². The number of ether oxygens (including phenoxy) is 3. The number of ketones is 1. The maximum atomic E-state index is 12.6. The third-order valence-corrected chi connectivity index (χ3v) is 5.70. The molecule has 34 heavy (non-hydrogen) atoms. The van der Waals surface area contributed by atoms with Gasteiger partial charge in [-0.15, -0.1) is 0 Å². The Morgan fingerprint density at radius 2 is 1.94 bits per heavy atom. The Morgan fingerprint density at radius 1 is 1.21 bits per heavy atom. The van der Waals surface area contributed by atoms with E-state index in [-0.39, 0.29) is 28.7 Å². The zero-order chi connectivity index (χ0) is 24.7. The van der Waals surface area contributed by atoms with Crippen LogP contribution in [-0.4, -0.2) is 30.6 Å². The average molecular weight is 464 g/mol. The van der Waals surface area contributed by atoms with Gasteiger partial charge >= 0.3 is 11.6 Å². The minimum Gasteiger partial charge on any atom is -0.506 e. The summed E-state index contributed by atoms with van der Waals surface area (Å²) in [5.41, 5.74) is 1.58. The van der Waals surface area contributed by atoms with Crippen molar-refractivity contribution in [1.82, 2.24) is 0 Å². The lowest BCUT2D eigenvalue weighted by Gasteiger charge is -2.28. The normalized spacial score (nSPS) is 14.9. The maximum Gasteiger partial charge on any atom is 0.336 e. The van der Waals surface area contributed by atoms with E-state index in [9.17, 15) is 19.5 Å². The highest BCUT2D eigenvalue weighted by Crippen LogP contribution is 2.50. The van der Waals surface area contributed by atoms with Crippen LogP contribution in [0.15, 0.2) is 45.6 Å². The van der Waals surface area contributed by atoms with E-state index in [2.05, 4.69) is 6.58 Å². The SMILES string of the molecule is C=C(C)COc1ccc([C@H]2CC(=O)Oc3c(C(C)=O)c(O)c4c(C)cc(=O)oc4c32)cc1OC. The Hall–Kier alpha value is -4.07. The van der Waals surface area contributed by atoms with E-state index in [0.29, 0.717) is 34.8 Å². The van der Waals surface area contributed by atoms with Crippen molar-refractivity contribution < 1.29 is 33.3 Å². The van der Waals surface area contributed by atoms with Gasteiger partial charge in [0.05, 0.1) is 18.9 Å². The van der Waals surface area contributed by atoms with Crippen molar-refractivity contribution in [3.8, 4) is 23.0 Å². The van der Waals surface area contributed by atoms with Crippen molar-refractivity contribution in [3.63, 3.8) is 0 Å². The molecule has 0 fully saturated rings. The molecule has 0 saturated heterocycles. The van der Waals surface area contributed by atoms with Crippen molar-refractivity contribution >= 4 is 22.7 Å². The second-order valence-corrected chi connectivity index (χ2v) is 8.36. The molecule has 0 bridgehead atoms. The number of phenols is 1. The molecule has 1 atom stereocenters. The topological polar surface area (TPSA) is 112 Å². The Balaban J connectivity index is 2.01.